The Labute approximate surface area is 80.8 Å². The van der Waals surface area contributed by atoms with Crippen LogP contribution < -0.4 is 11.1 Å². The van der Waals surface area contributed by atoms with E-state index >= 15 is 0 Å². The van der Waals surface area contributed by atoms with Crippen LogP contribution in [0.5, 0.6) is 0 Å². The molecule has 0 aliphatic rings. The zero-order valence-electron chi connectivity index (χ0n) is 7.60. The van der Waals surface area contributed by atoms with Crippen molar-refractivity contribution in [1.82, 2.24) is 5.32 Å². The fraction of sp³-hybridized carbons (Fsp3) is 0.714. The van der Waals surface area contributed by atoms with Crippen LogP contribution >= 0.6 is 0 Å². The summed E-state index contributed by atoms with van der Waals surface area (Å²) >= 11 is 0. The first-order chi connectivity index (χ1) is 6.57. The summed E-state index contributed by atoms with van der Waals surface area (Å²) in [5.74, 6) is -1.87. The molecule has 7 heteroatoms. The van der Waals surface area contributed by atoms with Gasteiger partial charge in [-0.05, 0) is 0 Å². The maximum Gasteiger partial charge on any atom is 0.334 e. The third-order valence-corrected chi connectivity index (χ3v) is 1.27. The van der Waals surface area contributed by atoms with Gasteiger partial charge in [-0.25, -0.2) is 4.79 Å². The van der Waals surface area contributed by atoms with Crippen LogP contribution in [0.4, 0.5) is 0 Å². The summed E-state index contributed by atoms with van der Waals surface area (Å²) in [6.45, 7) is 0.0453. The Morgan fingerprint density at radius 1 is 1.50 bits per heavy atom. The lowest BCUT2D eigenvalue weighted by atomic mass is 10.3. The van der Waals surface area contributed by atoms with Crippen molar-refractivity contribution in [3.63, 3.8) is 0 Å². The van der Waals surface area contributed by atoms with Gasteiger partial charge < -0.3 is 26.0 Å². The number of carbonyl (C=O) groups is 2. The second-order valence-electron chi connectivity index (χ2n) is 2.50. The zero-order chi connectivity index (χ0) is 11.0. The zero-order valence-corrected chi connectivity index (χ0v) is 7.60. The van der Waals surface area contributed by atoms with Gasteiger partial charge in [0.2, 0.25) is 5.91 Å². The molecule has 1 unspecified atom stereocenters. The summed E-state index contributed by atoms with van der Waals surface area (Å²) in [4.78, 5) is 21.0. The molecule has 0 bridgehead atoms. The van der Waals surface area contributed by atoms with Crippen LogP contribution in [0.3, 0.4) is 0 Å². The molecule has 0 aromatic heterocycles. The molecule has 0 aromatic carbocycles. The van der Waals surface area contributed by atoms with E-state index in [9.17, 15) is 9.59 Å². The number of aliphatic carboxylic acids is 1. The summed E-state index contributed by atoms with van der Waals surface area (Å²) in [6.07, 6.45) is -1.59. The average molecular weight is 206 g/mol. The molecule has 1 amide bonds. The second-order valence-corrected chi connectivity index (χ2v) is 2.50. The van der Waals surface area contributed by atoms with Gasteiger partial charge in [0.1, 0.15) is 6.61 Å². The minimum Gasteiger partial charge on any atom is -0.479 e. The standard InChI is InChI=1S/C7H14N2O5/c8-1-2-14-4-6(11)9-3-5(10)7(12)13/h5,10H,1-4,8H2,(H,9,11)(H,12,13). The number of aliphatic hydroxyl groups is 1. The second kappa shape index (κ2) is 7.25. The number of carbonyl (C=O) groups excluding carboxylic acids is 1. The van der Waals surface area contributed by atoms with Crippen molar-refractivity contribution in [2.24, 2.45) is 5.73 Å². The number of amides is 1. The molecule has 0 aromatic rings. The SMILES string of the molecule is NCCOCC(=O)NCC(O)C(=O)O. The molecule has 0 radical (unpaired) electrons. The van der Waals surface area contributed by atoms with E-state index < -0.39 is 18.0 Å². The number of carboxylic acids is 1. The lowest BCUT2D eigenvalue weighted by molar-refractivity contribution is -0.146. The first-order valence-electron chi connectivity index (χ1n) is 4.03. The minimum absolute atomic E-state index is 0.191. The first kappa shape index (κ1) is 12.8. The van der Waals surface area contributed by atoms with Crippen LogP contribution in [0.1, 0.15) is 0 Å². The number of nitrogens with two attached hydrogens (primary N) is 1. The Morgan fingerprint density at radius 2 is 2.14 bits per heavy atom. The van der Waals surface area contributed by atoms with E-state index in [0.29, 0.717) is 6.54 Å². The molecule has 0 rings (SSSR count). The van der Waals surface area contributed by atoms with E-state index in [-0.39, 0.29) is 19.8 Å². The van der Waals surface area contributed by atoms with Crippen LogP contribution in [0.2, 0.25) is 0 Å². The molecule has 0 saturated heterocycles. The highest BCUT2D eigenvalue weighted by molar-refractivity contribution is 5.78. The maximum absolute atomic E-state index is 10.9. The smallest absolute Gasteiger partial charge is 0.334 e. The molecule has 1 atom stereocenters. The van der Waals surface area contributed by atoms with Gasteiger partial charge >= 0.3 is 5.97 Å². The molecule has 0 fully saturated rings. The van der Waals surface area contributed by atoms with Crippen molar-refractivity contribution in [3.8, 4) is 0 Å². The van der Waals surface area contributed by atoms with E-state index in [1.807, 2.05) is 0 Å². The van der Waals surface area contributed by atoms with Crippen LogP contribution in [0, 0.1) is 0 Å². The number of hydrogen-bond donors (Lipinski definition) is 4. The topological polar surface area (TPSA) is 122 Å². The van der Waals surface area contributed by atoms with Crippen LogP contribution in [-0.4, -0.2) is 54.5 Å². The molecule has 0 aliphatic heterocycles. The van der Waals surface area contributed by atoms with E-state index in [1.54, 1.807) is 0 Å². The minimum atomic E-state index is -1.59. The van der Waals surface area contributed by atoms with Gasteiger partial charge in [0, 0.05) is 6.54 Å². The maximum atomic E-state index is 10.9. The summed E-state index contributed by atoms with van der Waals surface area (Å²) < 4.78 is 4.77. The fourth-order valence-corrected chi connectivity index (χ4v) is 0.597. The largest absolute Gasteiger partial charge is 0.479 e. The quantitative estimate of drug-likeness (QED) is 0.342. The molecule has 0 aliphatic carbocycles. The van der Waals surface area contributed by atoms with Crippen molar-refractivity contribution in [2.75, 3.05) is 26.3 Å². The van der Waals surface area contributed by atoms with E-state index in [1.165, 1.54) is 0 Å². The van der Waals surface area contributed by atoms with E-state index in [4.69, 9.17) is 20.7 Å². The Morgan fingerprint density at radius 3 is 2.64 bits per heavy atom. The Kier molecular flexibility index (Phi) is 6.63. The number of ether oxygens (including phenoxy) is 1. The highest BCUT2D eigenvalue weighted by Crippen LogP contribution is 1.80. The van der Waals surface area contributed by atoms with Gasteiger partial charge in [-0.2, -0.15) is 0 Å². The molecule has 5 N–H and O–H groups in total. The van der Waals surface area contributed by atoms with Crippen molar-refractivity contribution in [3.05, 3.63) is 0 Å². The van der Waals surface area contributed by atoms with Gasteiger partial charge in [0.05, 0.1) is 13.2 Å². The highest BCUT2D eigenvalue weighted by Gasteiger charge is 2.13. The Balaban J connectivity index is 3.48. The summed E-state index contributed by atoms with van der Waals surface area (Å²) in [5, 5.41) is 19.2. The van der Waals surface area contributed by atoms with Gasteiger partial charge in [0.15, 0.2) is 6.10 Å². The highest BCUT2D eigenvalue weighted by atomic mass is 16.5. The van der Waals surface area contributed by atoms with Crippen molar-refractivity contribution in [2.45, 2.75) is 6.10 Å². The predicted octanol–water partition coefficient (Wildman–Crippen LogP) is -2.48. The van der Waals surface area contributed by atoms with Gasteiger partial charge in [0.25, 0.3) is 0 Å². The van der Waals surface area contributed by atoms with Gasteiger partial charge in [-0.3, -0.25) is 4.79 Å². The first-order valence-corrected chi connectivity index (χ1v) is 4.03. The van der Waals surface area contributed by atoms with Crippen molar-refractivity contribution in [1.29, 1.82) is 0 Å². The molecule has 0 heterocycles. The lowest BCUT2D eigenvalue weighted by Gasteiger charge is -2.07. The lowest BCUT2D eigenvalue weighted by Crippen LogP contribution is -2.38. The predicted molar refractivity (Wildman–Crippen MR) is 46.5 cm³/mol. The molecule has 82 valence electrons. The van der Waals surface area contributed by atoms with E-state index in [0.717, 1.165) is 0 Å². The van der Waals surface area contributed by atoms with Crippen LogP contribution in [0.25, 0.3) is 0 Å². The number of nitrogens with one attached hydrogen (secondary N) is 1. The third-order valence-electron chi connectivity index (χ3n) is 1.27. The normalized spacial score (nSPS) is 12.1. The van der Waals surface area contributed by atoms with Crippen molar-refractivity contribution < 1.29 is 24.5 Å². The average Bonchev–Trinajstić information content (AvgIpc) is 2.14. The summed E-state index contributed by atoms with van der Waals surface area (Å²) in [5.41, 5.74) is 5.10. The molecular weight excluding hydrogens is 192 g/mol. The molecule has 0 saturated carbocycles. The third kappa shape index (κ3) is 6.35. The van der Waals surface area contributed by atoms with Crippen LogP contribution in [0.15, 0.2) is 0 Å². The molecular formula is C7H14N2O5. The monoisotopic (exact) mass is 206 g/mol. The summed E-state index contributed by atoms with van der Waals surface area (Å²) in [6, 6.07) is 0. The van der Waals surface area contributed by atoms with E-state index in [2.05, 4.69) is 5.32 Å². The number of rotatable bonds is 7. The molecule has 7 nitrogen and oxygen atoms in total. The van der Waals surface area contributed by atoms with Gasteiger partial charge in [-0.1, -0.05) is 0 Å². The van der Waals surface area contributed by atoms with Gasteiger partial charge in [-0.15, -0.1) is 0 Å². The van der Waals surface area contributed by atoms with Crippen LogP contribution in [-0.2, 0) is 14.3 Å². The number of carboxylic acid groups (broad SMARTS) is 1. The number of hydrogen-bond acceptors (Lipinski definition) is 5. The van der Waals surface area contributed by atoms with Crippen molar-refractivity contribution >= 4 is 11.9 Å². The number of aliphatic hydroxyl groups excluding tert-OH is 1. The Hall–Kier alpha value is -1.18. The Bertz CT molecular complexity index is 197. The molecule has 0 spiro atoms. The summed E-state index contributed by atoms with van der Waals surface area (Å²) in [7, 11) is 0. The fourth-order valence-electron chi connectivity index (χ4n) is 0.597. The molecule has 14 heavy (non-hydrogen) atoms.